The second kappa shape index (κ2) is 4.98. The van der Waals surface area contributed by atoms with Crippen LogP contribution < -0.4 is 4.74 Å². The maximum Gasteiger partial charge on any atom is 0.207 e. The van der Waals surface area contributed by atoms with Gasteiger partial charge in [-0.3, -0.25) is 4.79 Å². The maximum atomic E-state index is 13.7. The van der Waals surface area contributed by atoms with E-state index in [4.69, 9.17) is 4.74 Å². The fraction of sp³-hybridized carbons (Fsp3) is 0.0833. The lowest BCUT2D eigenvalue weighted by Gasteiger charge is -2.04. The van der Waals surface area contributed by atoms with Crippen LogP contribution >= 0.6 is 27.3 Å². The van der Waals surface area contributed by atoms with E-state index in [0.29, 0.717) is 15.1 Å². The topological polar surface area (TPSA) is 26.3 Å². The first-order chi connectivity index (χ1) is 8.13. The lowest BCUT2D eigenvalue weighted by atomic mass is 10.1. The van der Waals surface area contributed by atoms with E-state index in [0.717, 1.165) is 0 Å². The van der Waals surface area contributed by atoms with Crippen molar-refractivity contribution < 1.29 is 13.9 Å². The third kappa shape index (κ3) is 2.40. The van der Waals surface area contributed by atoms with Crippen LogP contribution in [0.1, 0.15) is 15.2 Å². The van der Waals surface area contributed by atoms with E-state index in [9.17, 15) is 9.18 Å². The van der Waals surface area contributed by atoms with Crippen molar-refractivity contribution in [3.63, 3.8) is 0 Å². The van der Waals surface area contributed by atoms with Gasteiger partial charge in [0, 0.05) is 10.5 Å². The average Bonchev–Trinajstić information content (AvgIpc) is 2.74. The molecule has 0 aliphatic carbocycles. The molecule has 0 unspecified atom stereocenters. The number of thiophene rings is 1. The molecule has 17 heavy (non-hydrogen) atoms. The summed E-state index contributed by atoms with van der Waals surface area (Å²) in [7, 11) is 1.45. The van der Waals surface area contributed by atoms with E-state index in [1.54, 1.807) is 17.5 Å². The summed E-state index contributed by atoms with van der Waals surface area (Å²) in [6, 6.07) is 5.97. The molecular weight excluding hydrogens is 307 g/mol. The second-order valence-corrected chi connectivity index (χ2v) is 5.04. The van der Waals surface area contributed by atoms with Crippen molar-refractivity contribution in [3.8, 4) is 5.75 Å². The summed E-state index contributed by atoms with van der Waals surface area (Å²) >= 11 is 4.54. The molecule has 2 nitrogen and oxygen atoms in total. The van der Waals surface area contributed by atoms with E-state index >= 15 is 0 Å². The number of hydrogen-bond acceptors (Lipinski definition) is 3. The Hall–Kier alpha value is -1.20. The molecule has 0 saturated heterocycles. The number of carbonyl (C=O) groups excluding carboxylic acids is 1. The number of ether oxygens (including phenoxy) is 1. The first-order valence-corrected chi connectivity index (χ1v) is 6.42. The van der Waals surface area contributed by atoms with Gasteiger partial charge in [0.2, 0.25) is 5.78 Å². The Morgan fingerprint density at radius 1 is 1.41 bits per heavy atom. The van der Waals surface area contributed by atoms with E-state index in [2.05, 4.69) is 15.9 Å². The number of halogens is 2. The van der Waals surface area contributed by atoms with Crippen molar-refractivity contribution in [1.82, 2.24) is 0 Å². The van der Waals surface area contributed by atoms with Crippen molar-refractivity contribution >= 4 is 33.0 Å². The molecule has 5 heteroatoms. The van der Waals surface area contributed by atoms with Crippen molar-refractivity contribution in [1.29, 1.82) is 0 Å². The summed E-state index contributed by atoms with van der Waals surface area (Å²) in [4.78, 5) is 12.5. The van der Waals surface area contributed by atoms with Gasteiger partial charge in [-0.15, -0.1) is 11.3 Å². The molecule has 0 atom stereocenters. The van der Waals surface area contributed by atoms with Gasteiger partial charge >= 0.3 is 0 Å². The van der Waals surface area contributed by atoms with Crippen LogP contribution in [-0.4, -0.2) is 12.9 Å². The highest BCUT2D eigenvalue weighted by Gasteiger charge is 2.18. The molecule has 0 aliphatic rings. The Labute approximate surface area is 110 Å². The van der Waals surface area contributed by atoms with E-state index in [1.165, 1.54) is 30.6 Å². The molecule has 0 spiro atoms. The summed E-state index contributed by atoms with van der Waals surface area (Å²) in [5, 5.41) is 1.78. The molecule has 2 rings (SSSR count). The minimum atomic E-state index is -0.574. The van der Waals surface area contributed by atoms with Crippen molar-refractivity contribution in [2.45, 2.75) is 0 Å². The molecule has 0 radical (unpaired) electrons. The Bertz CT molecular complexity index is 565. The maximum absolute atomic E-state index is 13.7. The minimum Gasteiger partial charge on any atom is -0.497 e. The molecule has 88 valence electrons. The van der Waals surface area contributed by atoms with Gasteiger partial charge in [-0.05, 0) is 39.5 Å². The number of rotatable bonds is 3. The fourth-order valence-corrected chi connectivity index (χ4v) is 2.89. The number of benzene rings is 1. The first-order valence-electron chi connectivity index (χ1n) is 4.74. The third-order valence-corrected chi connectivity index (χ3v) is 4.08. The summed E-state index contributed by atoms with van der Waals surface area (Å²) in [5.74, 6) is -0.508. The van der Waals surface area contributed by atoms with Crippen molar-refractivity contribution in [2.75, 3.05) is 7.11 Å². The Kier molecular flexibility index (Phi) is 3.59. The molecule has 1 aromatic heterocycles. The minimum absolute atomic E-state index is 0.0500. The first kappa shape index (κ1) is 12.3. The Morgan fingerprint density at radius 3 is 2.71 bits per heavy atom. The molecule has 0 bridgehead atoms. The lowest BCUT2D eigenvalue weighted by Crippen LogP contribution is -2.03. The predicted octanol–water partition coefficient (Wildman–Crippen LogP) is 3.89. The summed E-state index contributed by atoms with van der Waals surface area (Å²) in [6.45, 7) is 0. The zero-order chi connectivity index (χ0) is 12.4. The van der Waals surface area contributed by atoms with Crippen LogP contribution in [0.2, 0.25) is 0 Å². The van der Waals surface area contributed by atoms with Crippen LogP contribution in [0.25, 0.3) is 0 Å². The summed E-state index contributed by atoms with van der Waals surface area (Å²) in [5.41, 5.74) is 0.0500. The van der Waals surface area contributed by atoms with Crippen LogP contribution in [0.15, 0.2) is 34.1 Å². The van der Waals surface area contributed by atoms with Gasteiger partial charge in [-0.2, -0.15) is 0 Å². The number of carbonyl (C=O) groups is 1. The highest BCUT2D eigenvalue weighted by Crippen LogP contribution is 2.27. The normalized spacial score (nSPS) is 10.3. The largest absolute Gasteiger partial charge is 0.497 e. The zero-order valence-corrected chi connectivity index (χ0v) is 11.3. The predicted molar refractivity (Wildman–Crippen MR) is 68.4 cm³/mol. The smallest absolute Gasteiger partial charge is 0.207 e. The van der Waals surface area contributed by atoms with Gasteiger partial charge < -0.3 is 4.74 Å². The van der Waals surface area contributed by atoms with E-state index in [-0.39, 0.29) is 11.3 Å². The summed E-state index contributed by atoms with van der Waals surface area (Å²) < 4.78 is 19.3. The van der Waals surface area contributed by atoms with Gasteiger partial charge in [-0.1, -0.05) is 0 Å². The lowest BCUT2D eigenvalue weighted by molar-refractivity contribution is 0.103. The number of methoxy groups -OCH3 is 1. The van der Waals surface area contributed by atoms with Crippen LogP contribution in [0.4, 0.5) is 4.39 Å². The molecule has 0 N–H and O–H groups in total. The van der Waals surface area contributed by atoms with E-state index < -0.39 is 5.82 Å². The van der Waals surface area contributed by atoms with Gasteiger partial charge in [0.1, 0.15) is 11.6 Å². The third-order valence-electron chi connectivity index (χ3n) is 2.24. The molecule has 0 aliphatic heterocycles. The van der Waals surface area contributed by atoms with Crippen molar-refractivity contribution in [2.24, 2.45) is 0 Å². The molecule has 0 amide bonds. The SMILES string of the molecule is COc1ccc(C(=O)c2sccc2Br)c(F)c1. The van der Waals surface area contributed by atoms with Crippen LogP contribution in [0, 0.1) is 5.82 Å². The van der Waals surface area contributed by atoms with E-state index in [1.807, 2.05) is 0 Å². The number of hydrogen-bond donors (Lipinski definition) is 0. The zero-order valence-electron chi connectivity index (χ0n) is 8.87. The molecule has 2 aromatic rings. The van der Waals surface area contributed by atoms with Gasteiger partial charge in [0.15, 0.2) is 0 Å². The second-order valence-electron chi connectivity index (χ2n) is 3.27. The molecule has 0 saturated carbocycles. The fourth-order valence-electron chi connectivity index (χ4n) is 1.39. The van der Waals surface area contributed by atoms with Gasteiger partial charge in [-0.25, -0.2) is 4.39 Å². The average molecular weight is 315 g/mol. The standard InChI is InChI=1S/C12H8BrFO2S/c1-16-7-2-3-8(10(14)6-7)11(15)12-9(13)4-5-17-12/h2-6H,1H3. The van der Waals surface area contributed by atoms with Crippen molar-refractivity contribution in [3.05, 3.63) is 50.4 Å². The number of ketones is 1. The quantitative estimate of drug-likeness (QED) is 0.803. The van der Waals surface area contributed by atoms with Crippen LogP contribution in [0.5, 0.6) is 5.75 Å². The Morgan fingerprint density at radius 2 is 2.18 bits per heavy atom. The molecule has 1 aromatic carbocycles. The molecule has 0 fully saturated rings. The van der Waals surface area contributed by atoms with Gasteiger partial charge in [0.05, 0.1) is 17.6 Å². The molecule has 1 heterocycles. The summed E-state index contributed by atoms with van der Waals surface area (Å²) in [6.07, 6.45) is 0. The Balaban J connectivity index is 2.41. The monoisotopic (exact) mass is 314 g/mol. The van der Waals surface area contributed by atoms with Crippen LogP contribution in [-0.2, 0) is 0 Å². The van der Waals surface area contributed by atoms with Gasteiger partial charge in [0.25, 0.3) is 0 Å². The molecular formula is C12H8BrFO2S. The highest BCUT2D eigenvalue weighted by atomic mass is 79.9. The highest BCUT2D eigenvalue weighted by molar-refractivity contribution is 9.10. The van der Waals surface area contributed by atoms with Crippen LogP contribution in [0.3, 0.4) is 0 Å².